The third-order valence-electron chi connectivity index (χ3n) is 4.54. The molecule has 0 aliphatic heterocycles. The number of aliphatic hydroxyl groups is 2. The van der Waals surface area contributed by atoms with Crippen LogP contribution >= 0.6 is 11.8 Å². The summed E-state index contributed by atoms with van der Waals surface area (Å²) in [7, 11) is 1.77. The fraction of sp³-hybridized carbons (Fsp3) is 1.00. The van der Waals surface area contributed by atoms with Gasteiger partial charge in [-0.2, -0.15) is 11.8 Å². The number of aliphatic hydroxyl groups excluding tert-OH is 2. The molecule has 3 nitrogen and oxygen atoms in total. The Morgan fingerprint density at radius 3 is 1.75 bits per heavy atom. The summed E-state index contributed by atoms with van der Waals surface area (Å²) in [6.07, 6.45) is 17.3. The largest absolute Gasteiger partial charge is 0.394 e. The fourth-order valence-electron chi connectivity index (χ4n) is 2.87. The number of rotatable bonds is 19. The van der Waals surface area contributed by atoms with Crippen molar-refractivity contribution in [3.8, 4) is 0 Å². The smallest absolute Gasteiger partial charge is 0.0861 e. The number of methoxy groups -OCH3 is 1. The van der Waals surface area contributed by atoms with Crippen molar-refractivity contribution < 1.29 is 14.9 Å². The van der Waals surface area contributed by atoms with E-state index in [1.54, 1.807) is 18.9 Å². The first-order chi connectivity index (χ1) is 11.7. The lowest BCUT2D eigenvalue weighted by molar-refractivity contribution is 0.108. The zero-order chi connectivity index (χ0) is 17.9. The van der Waals surface area contributed by atoms with Gasteiger partial charge >= 0.3 is 0 Å². The second-order valence-corrected chi connectivity index (χ2v) is 7.98. The molecule has 0 aliphatic carbocycles. The SMILES string of the molecule is CCCCCCCCCCCCCC[C@H](CSC[C@H](O)CO)OC. The molecule has 2 N–H and O–H groups in total. The number of hydrogen-bond acceptors (Lipinski definition) is 4. The highest BCUT2D eigenvalue weighted by Gasteiger charge is 2.09. The summed E-state index contributed by atoms with van der Waals surface area (Å²) in [5.41, 5.74) is 0. The van der Waals surface area contributed by atoms with Crippen LogP contribution in [0.15, 0.2) is 0 Å². The molecule has 0 aromatic carbocycles. The molecule has 0 aromatic rings. The molecular formula is C20H42O3S. The summed E-state index contributed by atoms with van der Waals surface area (Å²) in [4.78, 5) is 0. The van der Waals surface area contributed by atoms with Crippen LogP contribution in [-0.2, 0) is 4.74 Å². The molecule has 0 spiro atoms. The van der Waals surface area contributed by atoms with Gasteiger partial charge in [0.2, 0.25) is 0 Å². The van der Waals surface area contributed by atoms with Crippen LogP contribution in [0.25, 0.3) is 0 Å². The predicted octanol–water partition coefficient (Wildman–Crippen LogP) is 5.18. The van der Waals surface area contributed by atoms with Gasteiger partial charge in [0.25, 0.3) is 0 Å². The zero-order valence-electron chi connectivity index (χ0n) is 16.2. The fourth-order valence-corrected chi connectivity index (χ4v) is 3.95. The first kappa shape index (κ1) is 24.2. The van der Waals surface area contributed by atoms with Gasteiger partial charge in [0.15, 0.2) is 0 Å². The normalized spacial score (nSPS) is 14.0. The van der Waals surface area contributed by atoms with Gasteiger partial charge in [-0.25, -0.2) is 0 Å². The minimum absolute atomic E-state index is 0.149. The van der Waals surface area contributed by atoms with Crippen LogP contribution < -0.4 is 0 Å². The number of ether oxygens (including phenoxy) is 1. The molecule has 0 aromatic heterocycles. The van der Waals surface area contributed by atoms with E-state index in [1.165, 1.54) is 77.0 Å². The molecule has 0 rings (SSSR count). The molecule has 4 heteroatoms. The van der Waals surface area contributed by atoms with Crippen molar-refractivity contribution >= 4 is 11.8 Å². The Hall–Kier alpha value is 0.230. The molecule has 2 atom stereocenters. The van der Waals surface area contributed by atoms with E-state index in [1.807, 2.05) is 0 Å². The molecule has 146 valence electrons. The molecule has 0 radical (unpaired) electrons. The van der Waals surface area contributed by atoms with Gasteiger partial charge < -0.3 is 14.9 Å². The Bertz CT molecular complexity index is 239. The highest BCUT2D eigenvalue weighted by molar-refractivity contribution is 7.99. The molecule has 0 amide bonds. The van der Waals surface area contributed by atoms with E-state index in [0.29, 0.717) is 5.75 Å². The zero-order valence-corrected chi connectivity index (χ0v) is 17.0. The number of unbranched alkanes of at least 4 members (excludes halogenated alkanes) is 11. The summed E-state index contributed by atoms with van der Waals surface area (Å²) in [6.45, 7) is 2.12. The lowest BCUT2D eigenvalue weighted by atomic mass is 10.0. The second kappa shape index (κ2) is 19.6. The Labute approximate surface area is 154 Å². The van der Waals surface area contributed by atoms with Gasteiger partial charge in [-0.05, 0) is 6.42 Å². The third-order valence-corrected chi connectivity index (χ3v) is 5.77. The Balaban J connectivity index is 3.29. The number of thioether (sulfide) groups is 1. The van der Waals surface area contributed by atoms with Crippen LogP contribution in [0.3, 0.4) is 0 Å². The molecule has 0 saturated heterocycles. The van der Waals surface area contributed by atoms with Gasteiger partial charge in [0.1, 0.15) is 0 Å². The Morgan fingerprint density at radius 1 is 0.792 bits per heavy atom. The van der Waals surface area contributed by atoms with Crippen LogP contribution in [0.5, 0.6) is 0 Å². The Kier molecular flexibility index (Phi) is 19.7. The van der Waals surface area contributed by atoms with Crippen LogP contribution in [0.4, 0.5) is 0 Å². The lowest BCUT2D eigenvalue weighted by Crippen LogP contribution is -2.19. The van der Waals surface area contributed by atoms with E-state index in [-0.39, 0.29) is 12.7 Å². The van der Waals surface area contributed by atoms with Crippen molar-refractivity contribution in [3.05, 3.63) is 0 Å². The highest BCUT2D eigenvalue weighted by Crippen LogP contribution is 2.16. The first-order valence-corrected chi connectivity index (χ1v) is 11.3. The van der Waals surface area contributed by atoms with Crippen LogP contribution in [0.1, 0.15) is 90.4 Å². The average Bonchev–Trinajstić information content (AvgIpc) is 2.60. The maximum atomic E-state index is 9.32. The van der Waals surface area contributed by atoms with E-state index in [0.717, 1.165) is 12.2 Å². The van der Waals surface area contributed by atoms with Crippen LogP contribution in [0.2, 0.25) is 0 Å². The van der Waals surface area contributed by atoms with E-state index >= 15 is 0 Å². The molecule has 0 saturated carbocycles. The standard InChI is InChI=1S/C20H42O3S/c1-3-4-5-6-7-8-9-10-11-12-13-14-15-20(23-2)18-24-17-19(22)16-21/h19-22H,3-18H2,1-2H3/t19-,20-/m1/s1. The molecule has 0 unspecified atom stereocenters. The molecule has 0 bridgehead atoms. The highest BCUT2D eigenvalue weighted by atomic mass is 32.2. The molecule has 24 heavy (non-hydrogen) atoms. The van der Waals surface area contributed by atoms with E-state index in [2.05, 4.69) is 6.92 Å². The molecule has 0 fully saturated rings. The van der Waals surface area contributed by atoms with Crippen LogP contribution in [-0.4, -0.2) is 47.6 Å². The Morgan fingerprint density at radius 2 is 1.29 bits per heavy atom. The molecule has 0 aliphatic rings. The summed E-state index contributed by atoms with van der Waals surface area (Å²) in [5.74, 6) is 1.50. The van der Waals surface area contributed by atoms with Crippen molar-refractivity contribution in [3.63, 3.8) is 0 Å². The van der Waals surface area contributed by atoms with Crippen molar-refractivity contribution in [1.82, 2.24) is 0 Å². The van der Waals surface area contributed by atoms with Gasteiger partial charge in [-0.15, -0.1) is 0 Å². The maximum Gasteiger partial charge on any atom is 0.0861 e. The quantitative estimate of drug-likeness (QED) is 0.311. The van der Waals surface area contributed by atoms with E-state index in [4.69, 9.17) is 9.84 Å². The van der Waals surface area contributed by atoms with Gasteiger partial charge in [0, 0.05) is 18.6 Å². The lowest BCUT2D eigenvalue weighted by Gasteiger charge is -2.15. The minimum atomic E-state index is -0.598. The average molecular weight is 363 g/mol. The minimum Gasteiger partial charge on any atom is -0.394 e. The first-order valence-electron chi connectivity index (χ1n) is 10.1. The predicted molar refractivity (Wildman–Crippen MR) is 107 cm³/mol. The summed E-state index contributed by atoms with van der Waals surface area (Å²) < 4.78 is 5.50. The van der Waals surface area contributed by atoms with Crippen molar-refractivity contribution in [2.45, 2.75) is 103 Å². The second-order valence-electron chi connectivity index (χ2n) is 6.91. The maximum absolute atomic E-state index is 9.32. The summed E-state index contributed by atoms with van der Waals surface area (Å²) in [6, 6.07) is 0. The van der Waals surface area contributed by atoms with Crippen LogP contribution in [0, 0.1) is 0 Å². The summed E-state index contributed by atoms with van der Waals surface area (Å²) >= 11 is 1.67. The third kappa shape index (κ3) is 17.1. The van der Waals surface area contributed by atoms with Gasteiger partial charge in [-0.1, -0.05) is 84.0 Å². The van der Waals surface area contributed by atoms with E-state index in [9.17, 15) is 5.11 Å². The van der Waals surface area contributed by atoms with Gasteiger partial charge in [-0.3, -0.25) is 0 Å². The monoisotopic (exact) mass is 362 g/mol. The number of hydrogen-bond donors (Lipinski definition) is 2. The van der Waals surface area contributed by atoms with Gasteiger partial charge in [0.05, 0.1) is 18.8 Å². The summed E-state index contributed by atoms with van der Waals surface area (Å²) in [5, 5.41) is 18.1. The van der Waals surface area contributed by atoms with Crippen molar-refractivity contribution in [2.75, 3.05) is 25.2 Å². The molecule has 0 heterocycles. The van der Waals surface area contributed by atoms with Crippen molar-refractivity contribution in [2.24, 2.45) is 0 Å². The molecular weight excluding hydrogens is 320 g/mol. The van der Waals surface area contributed by atoms with E-state index < -0.39 is 6.10 Å². The van der Waals surface area contributed by atoms with Crippen molar-refractivity contribution in [1.29, 1.82) is 0 Å². The topological polar surface area (TPSA) is 49.7 Å².